The fourth-order valence-corrected chi connectivity index (χ4v) is 1.36. The highest BCUT2D eigenvalue weighted by molar-refractivity contribution is 5.92. The Labute approximate surface area is 102 Å². The van der Waals surface area contributed by atoms with E-state index in [1.165, 1.54) is 0 Å². The number of nitrogens with one attached hydrogen (secondary N) is 2. The van der Waals surface area contributed by atoms with Crippen LogP contribution in [-0.4, -0.2) is 50.0 Å². The number of nitrogens with zero attached hydrogens (tertiary/aromatic N) is 2. The summed E-state index contributed by atoms with van der Waals surface area (Å²) in [4.78, 5) is 17.8. The van der Waals surface area contributed by atoms with Crippen molar-refractivity contribution in [1.29, 1.82) is 0 Å². The molecule has 5 nitrogen and oxygen atoms in total. The van der Waals surface area contributed by atoms with E-state index in [2.05, 4.69) is 20.5 Å². The van der Waals surface area contributed by atoms with Gasteiger partial charge in [-0.15, -0.1) is 0 Å². The van der Waals surface area contributed by atoms with Crippen molar-refractivity contribution in [3.8, 4) is 0 Å². The molecule has 1 rings (SSSR count). The summed E-state index contributed by atoms with van der Waals surface area (Å²) in [5.41, 5.74) is 1.35. The van der Waals surface area contributed by atoms with E-state index < -0.39 is 0 Å². The van der Waals surface area contributed by atoms with Crippen molar-refractivity contribution >= 4 is 11.6 Å². The molecule has 0 aliphatic rings. The van der Waals surface area contributed by atoms with Crippen LogP contribution in [0.2, 0.25) is 0 Å². The number of anilines is 1. The lowest BCUT2D eigenvalue weighted by Gasteiger charge is -2.09. The van der Waals surface area contributed by atoms with Crippen LogP contribution in [0.3, 0.4) is 0 Å². The highest BCUT2D eigenvalue weighted by atomic mass is 16.1. The Kier molecular flexibility index (Phi) is 5.42. The number of carbonyl (C=O) groups is 1. The van der Waals surface area contributed by atoms with Gasteiger partial charge in [0.1, 0.15) is 5.69 Å². The Morgan fingerprint density at radius 2 is 2.18 bits per heavy atom. The van der Waals surface area contributed by atoms with E-state index in [1.807, 2.05) is 27.2 Å². The lowest BCUT2D eigenvalue weighted by molar-refractivity contribution is 0.0947. The van der Waals surface area contributed by atoms with Gasteiger partial charge in [0.15, 0.2) is 0 Å². The van der Waals surface area contributed by atoms with Crippen LogP contribution in [0, 0.1) is 0 Å². The molecule has 1 amide bonds. The first-order valence-corrected chi connectivity index (χ1v) is 5.70. The van der Waals surface area contributed by atoms with E-state index in [9.17, 15) is 4.79 Å². The summed E-state index contributed by atoms with van der Waals surface area (Å²) in [6, 6.07) is 3.55. The van der Waals surface area contributed by atoms with Crippen molar-refractivity contribution in [2.24, 2.45) is 0 Å². The first-order valence-electron chi connectivity index (χ1n) is 5.70. The predicted octanol–water partition coefficient (Wildman–Crippen LogP) is 0.805. The smallest absolute Gasteiger partial charge is 0.269 e. The highest BCUT2D eigenvalue weighted by Gasteiger charge is 2.05. The molecule has 94 valence electrons. The fraction of sp³-hybridized carbons (Fsp3) is 0.500. The summed E-state index contributed by atoms with van der Waals surface area (Å²) in [7, 11) is 5.84. The zero-order valence-electron chi connectivity index (χ0n) is 10.7. The van der Waals surface area contributed by atoms with Crippen molar-refractivity contribution < 1.29 is 4.79 Å². The van der Waals surface area contributed by atoms with Crippen molar-refractivity contribution in [3.63, 3.8) is 0 Å². The van der Waals surface area contributed by atoms with Gasteiger partial charge in [-0.05, 0) is 39.2 Å². The monoisotopic (exact) mass is 236 g/mol. The van der Waals surface area contributed by atoms with Gasteiger partial charge in [0.2, 0.25) is 0 Å². The normalized spacial score (nSPS) is 10.4. The van der Waals surface area contributed by atoms with Gasteiger partial charge < -0.3 is 15.5 Å². The lowest BCUT2D eigenvalue weighted by atomic mass is 10.3. The summed E-state index contributed by atoms with van der Waals surface area (Å²) in [5.74, 6) is -0.119. The van der Waals surface area contributed by atoms with Crippen molar-refractivity contribution in [2.75, 3.05) is 39.5 Å². The van der Waals surface area contributed by atoms with E-state index in [4.69, 9.17) is 0 Å². The first-order chi connectivity index (χ1) is 8.13. The molecule has 0 saturated carbocycles. The Balaban J connectivity index is 2.36. The minimum Gasteiger partial charge on any atom is -0.387 e. The number of pyridine rings is 1. The molecule has 0 aliphatic heterocycles. The van der Waals surface area contributed by atoms with Gasteiger partial charge in [-0.3, -0.25) is 4.79 Å². The second-order valence-corrected chi connectivity index (χ2v) is 4.09. The molecule has 1 aromatic rings. The number of amides is 1. The SMILES string of the molecule is CNc1ccc(C(=O)NCCCN(C)C)nc1. The van der Waals surface area contributed by atoms with Crippen LogP contribution in [0.5, 0.6) is 0 Å². The van der Waals surface area contributed by atoms with Crippen LogP contribution in [-0.2, 0) is 0 Å². The minimum atomic E-state index is -0.119. The molecule has 0 atom stereocenters. The van der Waals surface area contributed by atoms with E-state index in [0.717, 1.165) is 18.7 Å². The Morgan fingerprint density at radius 3 is 2.71 bits per heavy atom. The maximum Gasteiger partial charge on any atom is 0.269 e. The quantitative estimate of drug-likeness (QED) is 0.718. The summed E-state index contributed by atoms with van der Waals surface area (Å²) < 4.78 is 0. The summed E-state index contributed by atoms with van der Waals surface area (Å²) in [6.07, 6.45) is 2.59. The molecule has 17 heavy (non-hydrogen) atoms. The van der Waals surface area contributed by atoms with Crippen LogP contribution < -0.4 is 10.6 Å². The van der Waals surface area contributed by atoms with Gasteiger partial charge >= 0.3 is 0 Å². The van der Waals surface area contributed by atoms with Gasteiger partial charge in [-0.1, -0.05) is 0 Å². The van der Waals surface area contributed by atoms with Gasteiger partial charge in [0.25, 0.3) is 5.91 Å². The van der Waals surface area contributed by atoms with Crippen LogP contribution in [0.4, 0.5) is 5.69 Å². The summed E-state index contributed by atoms with van der Waals surface area (Å²) >= 11 is 0. The standard InChI is InChI=1S/C12H20N4O/c1-13-10-5-6-11(15-9-10)12(17)14-7-4-8-16(2)3/h5-6,9,13H,4,7-8H2,1-3H3,(H,14,17). The predicted molar refractivity (Wildman–Crippen MR) is 69.3 cm³/mol. The molecule has 0 fully saturated rings. The molecule has 0 aliphatic carbocycles. The van der Waals surface area contributed by atoms with Gasteiger partial charge in [0.05, 0.1) is 11.9 Å². The first kappa shape index (κ1) is 13.4. The second kappa shape index (κ2) is 6.85. The van der Waals surface area contributed by atoms with Crippen LogP contribution in [0.15, 0.2) is 18.3 Å². The number of hydrogen-bond donors (Lipinski definition) is 2. The van der Waals surface area contributed by atoms with Gasteiger partial charge in [0, 0.05) is 13.6 Å². The molecular weight excluding hydrogens is 216 g/mol. The molecule has 0 saturated heterocycles. The van der Waals surface area contributed by atoms with E-state index in [-0.39, 0.29) is 5.91 Å². The third kappa shape index (κ3) is 4.82. The minimum absolute atomic E-state index is 0.119. The molecule has 2 N–H and O–H groups in total. The van der Waals surface area contributed by atoms with Crippen LogP contribution in [0.1, 0.15) is 16.9 Å². The molecule has 0 unspecified atom stereocenters. The van der Waals surface area contributed by atoms with Gasteiger partial charge in [-0.2, -0.15) is 0 Å². The van der Waals surface area contributed by atoms with Gasteiger partial charge in [-0.25, -0.2) is 4.98 Å². The van der Waals surface area contributed by atoms with Crippen LogP contribution in [0.25, 0.3) is 0 Å². The molecule has 0 aromatic carbocycles. The Bertz CT molecular complexity index is 348. The lowest BCUT2D eigenvalue weighted by Crippen LogP contribution is -2.27. The average molecular weight is 236 g/mol. The van der Waals surface area contributed by atoms with Crippen molar-refractivity contribution in [1.82, 2.24) is 15.2 Å². The number of carbonyl (C=O) groups excluding carboxylic acids is 1. The molecule has 0 spiro atoms. The zero-order chi connectivity index (χ0) is 12.7. The van der Waals surface area contributed by atoms with E-state index in [1.54, 1.807) is 12.3 Å². The zero-order valence-corrected chi connectivity index (χ0v) is 10.7. The third-order valence-corrected chi connectivity index (χ3v) is 2.35. The van der Waals surface area contributed by atoms with Crippen LogP contribution >= 0.6 is 0 Å². The maximum atomic E-state index is 11.7. The largest absolute Gasteiger partial charge is 0.387 e. The molecule has 0 bridgehead atoms. The summed E-state index contributed by atoms with van der Waals surface area (Å²) in [6.45, 7) is 1.64. The Hall–Kier alpha value is -1.62. The van der Waals surface area contributed by atoms with Crippen molar-refractivity contribution in [3.05, 3.63) is 24.0 Å². The molecule has 0 radical (unpaired) electrons. The Morgan fingerprint density at radius 1 is 1.41 bits per heavy atom. The highest BCUT2D eigenvalue weighted by Crippen LogP contribution is 2.04. The molecular formula is C12H20N4O. The second-order valence-electron chi connectivity index (χ2n) is 4.09. The molecule has 1 aromatic heterocycles. The fourth-order valence-electron chi connectivity index (χ4n) is 1.36. The molecule has 5 heteroatoms. The van der Waals surface area contributed by atoms with E-state index >= 15 is 0 Å². The number of aromatic nitrogens is 1. The average Bonchev–Trinajstić information content (AvgIpc) is 2.34. The number of rotatable bonds is 6. The molecule has 1 heterocycles. The topological polar surface area (TPSA) is 57.3 Å². The maximum absolute atomic E-state index is 11.7. The van der Waals surface area contributed by atoms with E-state index in [0.29, 0.717) is 12.2 Å². The van der Waals surface area contributed by atoms with Crippen molar-refractivity contribution in [2.45, 2.75) is 6.42 Å². The third-order valence-electron chi connectivity index (χ3n) is 2.35. The summed E-state index contributed by atoms with van der Waals surface area (Å²) in [5, 5.41) is 5.80. The number of hydrogen-bond acceptors (Lipinski definition) is 4.